The van der Waals surface area contributed by atoms with E-state index < -0.39 is 54.5 Å². The number of carbonyl (C=O) groups excluding carboxylic acids is 3. The van der Waals surface area contributed by atoms with Gasteiger partial charge in [-0.1, -0.05) is 12.1 Å². The number of carbonyl (C=O) groups is 4. The van der Waals surface area contributed by atoms with Gasteiger partial charge in [0.2, 0.25) is 17.7 Å². The van der Waals surface area contributed by atoms with Gasteiger partial charge in [0.05, 0.1) is 12.1 Å². The highest BCUT2D eigenvalue weighted by atomic mass is 16.4. The average molecular weight is 544 g/mol. The molecule has 0 aliphatic carbocycles. The molecule has 4 atom stereocenters. The zero-order chi connectivity index (χ0) is 28.9. The van der Waals surface area contributed by atoms with Crippen LogP contribution in [0.2, 0.25) is 0 Å². The smallest absolute Gasteiger partial charge is 0.323 e. The van der Waals surface area contributed by atoms with Crippen molar-refractivity contribution in [3.63, 3.8) is 0 Å². The molecule has 3 amide bonds. The zero-order valence-corrected chi connectivity index (χ0v) is 21.3. The first kappa shape index (κ1) is 29.4. The van der Waals surface area contributed by atoms with Crippen LogP contribution in [-0.2, 0) is 32.0 Å². The monoisotopic (exact) mass is 543 g/mol. The second-order valence-corrected chi connectivity index (χ2v) is 9.54. The van der Waals surface area contributed by atoms with Crippen LogP contribution in [0.1, 0.15) is 17.5 Å². The molecule has 0 saturated heterocycles. The minimum Gasteiger partial charge on any atom is -0.508 e. The maximum absolute atomic E-state index is 13.3. The molecule has 2 aromatic carbocycles. The predicted molar refractivity (Wildman–Crippen MR) is 139 cm³/mol. The Hall–Kier alpha value is -4.20. The standard InChI is InChI=1S/C26H33N5O8/c1-31(12-23(35)36)26(39)20-9-16-7-14(3-5-22(16)34)13-2-4-21(33)15(6-13)8-18(28)24(37)29-19(25(38)30-20)10-17(32)11-27/h2-7,17-20,32-34H,8-12,27-28H2,1H3,(H,29,37)(H,30,38)(H,35,36)/t17-,18+,19+,20+/m1/s1. The van der Waals surface area contributed by atoms with Crippen LogP contribution in [0.4, 0.5) is 0 Å². The third-order valence-electron chi connectivity index (χ3n) is 6.47. The van der Waals surface area contributed by atoms with Crippen LogP contribution in [-0.4, -0.2) is 93.4 Å². The molecular formula is C26H33N5O8. The summed E-state index contributed by atoms with van der Waals surface area (Å²) in [4.78, 5) is 51.6. The summed E-state index contributed by atoms with van der Waals surface area (Å²) in [6.07, 6.45) is -1.78. The third kappa shape index (κ3) is 7.44. The molecule has 39 heavy (non-hydrogen) atoms. The first-order valence-corrected chi connectivity index (χ1v) is 12.2. The van der Waals surface area contributed by atoms with Gasteiger partial charge >= 0.3 is 5.97 Å². The van der Waals surface area contributed by atoms with E-state index in [1.54, 1.807) is 24.3 Å². The van der Waals surface area contributed by atoms with Gasteiger partial charge in [-0.2, -0.15) is 0 Å². The summed E-state index contributed by atoms with van der Waals surface area (Å²) in [5.41, 5.74) is 13.5. The number of carboxylic acid groups (broad SMARTS) is 1. The summed E-state index contributed by atoms with van der Waals surface area (Å²) in [6, 6.07) is 5.48. The van der Waals surface area contributed by atoms with Gasteiger partial charge in [-0.3, -0.25) is 19.2 Å². The molecule has 4 bridgehead atoms. The Bertz CT molecular complexity index is 1250. The SMILES string of the molecule is CN(CC(=O)O)C(=O)[C@@H]1Cc2cc(ccc2O)-c2ccc(O)c(c2)C[C@H](N)C(=O)N[C@@H](C[C@@H](O)CN)C(=O)N1. The van der Waals surface area contributed by atoms with Gasteiger partial charge in [-0.15, -0.1) is 0 Å². The number of rotatable bonds is 6. The van der Waals surface area contributed by atoms with Gasteiger partial charge in [-0.05, 0) is 46.5 Å². The topological polar surface area (TPSA) is 229 Å². The number of likely N-dealkylation sites (N-methyl/N-ethyl adjacent to an activating group) is 1. The Morgan fingerprint density at radius 1 is 1.00 bits per heavy atom. The van der Waals surface area contributed by atoms with Gasteiger partial charge in [0, 0.05) is 32.9 Å². The van der Waals surface area contributed by atoms with E-state index in [2.05, 4.69) is 10.6 Å². The van der Waals surface area contributed by atoms with E-state index in [9.17, 15) is 34.5 Å². The van der Waals surface area contributed by atoms with Crippen LogP contribution in [0.5, 0.6) is 11.5 Å². The highest BCUT2D eigenvalue weighted by Crippen LogP contribution is 2.31. The number of nitrogens with zero attached hydrogens (tertiary/aromatic N) is 1. The first-order chi connectivity index (χ1) is 18.4. The number of aliphatic carboxylic acids is 1. The lowest BCUT2D eigenvalue weighted by molar-refractivity contribution is -0.145. The molecule has 0 spiro atoms. The Morgan fingerprint density at radius 2 is 1.56 bits per heavy atom. The molecule has 13 nitrogen and oxygen atoms in total. The maximum Gasteiger partial charge on any atom is 0.323 e. The molecule has 10 N–H and O–H groups in total. The average Bonchev–Trinajstić information content (AvgIpc) is 2.88. The van der Waals surface area contributed by atoms with Crippen LogP contribution >= 0.6 is 0 Å². The molecule has 210 valence electrons. The number of benzene rings is 2. The molecule has 0 radical (unpaired) electrons. The number of hydrogen-bond acceptors (Lipinski definition) is 9. The van der Waals surface area contributed by atoms with E-state index in [-0.39, 0.29) is 42.9 Å². The predicted octanol–water partition coefficient (Wildman–Crippen LogP) is -1.59. The number of aliphatic hydroxyl groups excluding tert-OH is 1. The lowest BCUT2D eigenvalue weighted by Gasteiger charge is -2.27. The third-order valence-corrected chi connectivity index (χ3v) is 6.47. The number of carboxylic acids is 1. The van der Waals surface area contributed by atoms with Crippen molar-refractivity contribution in [2.45, 2.75) is 43.5 Å². The van der Waals surface area contributed by atoms with Crippen LogP contribution in [0, 0.1) is 0 Å². The Balaban J connectivity index is 2.12. The normalized spacial score (nSPS) is 20.6. The fourth-order valence-electron chi connectivity index (χ4n) is 4.30. The largest absolute Gasteiger partial charge is 0.508 e. The summed E-state index contributed by atoms with van der Waals surface area (Å²) in [5, 5.41) is 45.2. The first-order valence-electron chi connectivity index (χ1n) is 12.2. The van der Waals surface area contributed by atoms with E-state index in [0.29, 0.717) is 16.7 Å². The van der Waals surface area contributed by atoms with Crippen molar-refractivity contribution >= 4 is 23.7 Å². The summed E-state index contributed by atoms with van der Waals surface area (Å²) < 4.78 is 0. The van der Waals surface area contributed by atoms with Crippen molar-refractivity contribution in [1.29, 1.82) is 0 Å². The number of hydrogen-bond donors (Lipinski definition) is 8. The van der Waals surface area contributed by atoms with Gasteiger partial charge in [0.25, 0.3) is 0 Å². The van der Waals surface area contributed by atoms with Crippen molar-refractivity contribution in [3.05, 3.63) is 47.5 Å². The number of aromatic hydroxyl groups is 2. The molecule has 0 unspecified atom stereocenters. The summed E-state index contributed by atoms with van der Waals surface area (Å²) in [6.45, 7) is -0.856. The van der Waals surface area contributed by atoms with Crippen LogP contribution in [0.15, 0.2) is 36.4 Å². The molecule has 1 aliphatic heterocycles. The van der Waals surface area contributed by atoms with Gasteiger partial charge < -0.3 is 47.4 Å². The lowest BCUT2D eigenvalue weighted by Crippen LogP contribution is -2.57. The van der Waals surface area contributed by atoms with Gasteiger partial charge in [0.15, 0.2) is 0 Å². The van der Waals surface area contributed by atoms with Crippen LogP contribution in [0.25, 0.3) is 11.1 Å². The highest BCUT2D eigenvalue weighted by Gasteiger charge is 2.32. The molecule has 3 rings (SSSR count). The number of nitrogens with two attached hydrogens (primary N) is 2. The summed E-state index contributed by atoms with van der Waals surface area (Å²) in [5.74, 6) is -3.88. The number of nitrogens with one attached hydrogen (secondary N) is 2. The minimum absolute atomic E-state index is 0.0781. The lowest BCUT2D eigenvalue weighted by atomic mass is 9.95. The second-order valence-electron chi connectivity index (χ2n) is 9.54. The van der Waals surface area contributed by atoms with E-state index in [1.807, 2.05) is 0 Å². The fourth-order valence-corrected chi connectivity index (χ4v) is 4.30. The molecular weight excluding hydrogens is 510 g/mol. The highest BCUT2D eigenvalue weighted by molar-refractivity contribution is 5.94. The number of phenols is 2. The molecule has 0 aromatic heterocycles. The van der Waals surface area contributed by atoms with Gasteiger partial charge in [-0.25, -0.2) is 0 Å². The number of phenolic OH excluding ortho intramolecular Hbond substituents is 2. The van der Waals surface area contributed by atoms with Gasteiger partial charge in [0.1, 0.15) is 30.1 Å². The van der Waals surface area contributed by atoms with E-state index in [1.165, 1.54) is 19.2 Å². The van der Waals surface area contributed by atoms with Crippen LogP contribution < -0.4 is 22.1 Å². The minimum atomic E-state index is -1.35. The van der Waals surface area contributed by atoms with E-state index >= 15 is 0 Å². The molecule has 1 heterocycles. The van der Waals surface area contributed by atoms with Crippen LogP contribution in [0.3, 0.4) is 0 Å². The second kappa shape index (κ2) is 12.6. The van der Waals surface area contributed by atoms with Crippen molar-refractivity contribution < 1.29 is 39.6 Å². The van der Waals surface area contributed by atoms with E-state index in [0.717, 1.165) is 4.90 Å². The summed E-state index contributed by atoms with van der Waals surface area (Å²) >= 11 is 0. The van der Waals surface area contributed by atoms with Crippen molar-refractivity contribution in [2.24, 2.45) is 11.5 Å². The molecule has 13 heteroatoms. The Kier molecular flexibility index (Phi) is 9.46. The van der Waals surface area contributed by atoms with Crippen molar-refractivity contribution in [2.75, 3.05) is 20.1 Å². The number of fused-ring (bicyclic) bond motifs is 5. The molecule has 2 aromatic rings. The molecule has 1 aliphatic rings. The van der Waals surface area contributed by atoms with Crippen molar-refractivity contribution in [3.8, 4) is 22.6 Å². The zero-order valence-electron chi connectivity index (χ0n) is 21.3. The van der Waals surface area contributed by atoms with E-state index in [4.69, 9.17) is 16.6 Å². The molecule has 0 fully saturated rings. The number of aliphatic hydroxyl groups is 1. The summed E-state index contributed by atoms with van der Waals surface area (Å²) in [7, 11) is 1.25. The number of amides is 3. The molecule has 0 saturated carbocycles. The maximum atomic E-state index is 13.3. The Morgan fingerprint density at radius 3 is 2.10 bits per heavy atom. The van der Waals surface area contributed by atoms with Crippen molar-refractivity contribution in [1.82, 2.24) is 15.5 Å². The quantitative estimate of drug-likeness (QED) is 0.208. The fraction of sp³-hybridized carbons (Fsp3) is 0.385. The Labute approximate surface area is 224 Å².